The number of halogens is 3. The van der Waals surface area contributed by atoms with Crippen LogP contribution < -0.4 is 0 Å². The highest BCUT2D eigenvalue weighted by Crippen LogP contribution is 2.30. The maximum atomic E-state index is 13.9. The molecule has 1 aliphatic heterocycles. The molecular formula is C15H13ClF2N2. The molecule has 2 nitrogen and oxygen atoms in total. The fourth-order valence-electron chi connectivity index (χ4n) is 1.89. The van der Waals surface area contributed by atoms with Crippen molar-refractivity contribution >= 4 is 17.3 Å². The molecule has 0 unspecified atom stereocenters. The Kier molecular flexibility index (Phi) is 4.45. The van der Waals surface area contributed by atoms with Gasteiger partial charge >= 0.3 is 0 Å². The Bertz CT molecular complexity index is 639. The summed E-state index contributed by atoms with van der Waals surface area (Å²) in [5.41, 5.74) is 2.14. The van der Waals surface area contributed by atoms with Gasteiger partial charge in [-0.1, -0.05) is 17.7 Å². The molecule has 0 saturated carbocycles. The molecule has 0 radical (unpaired) electrons. The zero-order valence-corrected chi connectivity index (χ0v) is 11.9. The maximum Gasteiger partial charge on any atom is 0.132 e. The van der Waals surface area contributed by atoms with Crippen molar-refractivity contribution in [2.75, 3.05) is 6.54 Å². The average Bonchev–Trinajstić information content (AvgIpc) is 2.42. The van der Waals surface area contributed by atoms with Gasteiger partial charge in [-0.2, -0.15) is 0 Å². The molecule has 2 rings (SSSR count). The van der Waals surface area contributed by atoms with Gasteiger partial charge in [-0.25, -0.2) is 8.78 Å². The average molecular weight is 295 g/mol. The minimum atomic E-state index is -0.696. The monoisotopic (exact) mass is 294 g/mol. The molecule has 1 aliphatic rings. The standard InChI is InChI=1S/C15H13ClF2N2/c1-9(17)7-12(18)11-8-20-15(10(2)14(11)16)13-5-3-4-6-19-13/h3-7H,8H2,1-2H3/b9-7+,12-11-. The molecule has 0 aromatic carbocycles. The first kappa shape index (κ1) is 14.6. The van der Waals surface area contributed by atoms with Gasteiger partial charge in [0.25, 0.3) is 0 Å². The van der Waals surface area contributed by atoms with Gasteiger partial charge in [0, 0.05) is 17.8 Å². The highest BCUT2D eigenvalue weighted by Gasteiger charge is 2.21. The molecule has 1 aromatic heterocycles. The number of allylic oxidation sites excluding steroid dienone is 4. The van der Waals surface area contributed by atoms with Crippen molar-refractivity contribution in [2.45, 2.75) is 13.8 Å². The van der Waals surface area contributed by atoms with Crippen LogP contribution in [0.1, 0.15) is 19.5 Å². The van der Waals surface area contributed by atoms with Crippen molar-refractivity contribution in [3.05, 3.63) is 64.0 Å². The number of rotatable bonds is 2. The molecule has 0 amide bonds. The lowest BCUT2D eigenvalue weighted by Crippen LogP contribution is -2.14. The third kappa shape index (κ3) is 3.02. The number of pyridine rings is 1. The van der Waals surface area contributed by atoms with Gasteiger partial charge in [-0.3, -0.25) is 9.98 Å². The van der Waals surface area contributed by atoms with Crippen molar-refractivity contribution < 1.29 is 8.78 Å². The second-order valence-electron chi connectivity index (χ2n) is 4.38. The summed E-state index contributed by atoms with van der Waals surface area (Å²) in [4.78, 5) is 8.50. The third-order valence-corrected chi connectivity index (χ3v) is 3.38. The Morgan fingerprint density at radius 1 is 1.35 bits per heavy atom. The third-order valence-electron chi connectivity index (χ3n) is 2.87. The van der Waals surface area contributed by atoms with Crippen molar-refractivity contribution in [1.82, 2.24) is 4.98 Å². The highest BCUT2D eigenvalue weighted by molar-refractivity contribution is 6.36. The summed E-state index contributed by atoms with van der Waals surface area (Å²) in [5.74, 6) is -1.31. The smallest absolute Gasteiger partial charge is 0.132 e. The number of dihydropyridines is 1. The van der Waals surface area contributed by atoms with E-state index in [2.05, 4.69) is 9.98 Å². The van der Waals surface area contributed by atoms with E-state index >= 15 is 0 Å². The van der Waals surface area contributed by atoms with Gasteiger partial charge in [-0.05, 0) is 31.6 Å². The molecule has 0 fully saturated rings. The number of hydrogen-bond donors (Lipinski definition) is 0. The van der Waals surface area contributed by atoms with E-state index in [1.165, 1.54) is 6.92 Å². The number of nitrogens with zero attached hydrogens (tertiary/aromatic N) is 2. The molecule has 1 aromatic rings. The van der Waals surface area contributed by atoms with Crippen LogP contribution >= 0.6 is 11.6 Å². The largest absolute Gasteiger partial charge is 0.278 e. The van der Waals surface area contributed by atoms with Crippen LogP contribution in [0, 0.1) is 0 Å². The Morgan fingerprint density at radius 2 is 2.10 bits per heavy atom. The van der Waals surface area contributed by atoms with E-state index < -0.39 is 11.7 Å². The van der Waals surface area contributed by atoms with Crippen LogP contribution in [0.4, 0.5) is 8.78 Å². The number of aliphatic imine (C=N–C) groups is 1. The van der Waals surface area contributed by atoms with Crippen molar-refractivity contribution in [3.8, 4) is 0 Å². The Balaban J connectivity index is 2.44. The zero-order chi connectivity index (χ0) is 14.7. The second kappa shape index (κ2) is 6.09. The highest BCUT2D eigenvalue weighted by atomic mass is 35.5. The summed E-state index contributed by atoms with van der Waals surface area (Å²) < 4.78 is 26.6. The Hall–Kier alpha value is -1.81. The van der Waals surface area contributed by atoms with Gasteiger partial charge in [-0.15, -0.1) is 0 Å². The van der Waals surface area contributed by atoms with Crippen LogP contribution in [-0.4, -0.2) is 17.2 Å². The summed E-state index contributed by atoms with van der Waals surface area (Å²) in [5, 5.41) is 0.260. The minimum Gasteiger partial charge on any atom is -0.278 e. The topological polar surface area (TPSA) is 25.2 Å². The lowest BCUT2D eigenvalue weighted by Gasteiger charge is -2.17. The lowest BCUT2D eigenvalue weighted by molar-refractivity contribution is 0.609. The van der Waals surface area contributed by atoms with E-state index in [4.69, 9.17) is 11.6 Å². The predicted octanol–water partition coefficient (Wildman–Crippen LogP) is 4.49. The molecule has 0 N–H and O–H groups in total. The van der Waals surface area contributed by atoms with E-state index in [1.54, 1.807) is 19.2 Å². The number of hydrogen-bond acceptors (Lipinski definition) is 2. The molecule has 20 heavy (non-hydrogen) atoms. The SMILES string of the molecule is CC1=C(Cl)/C(=C(F)/C=C(\C)F)CN=C1c1ccccn1. The van der Waals surface area contributed by atoms with Crippen LogP contribution in [0.25, 0.3) is 0 Å². The van der Waals surface area contributed by atoms with Gasteiger partial charge in [0.15, 0.2) is 0 Å². The first-order chi connectivity index (χ1) is 9.50. The van der Waals surface area contributed by atoms with E-state index in [9.17, 15) is 8.78 Å². The van der Waals surface area contributed by atoms with Crippen molar-refractivity contribution in [3.63, 3.8) is 0 Å². The predicted molar refractivity (Wildman–Crippen MR) is 77.2 cm³/mol. The lowest BCUT2D eigenvalue weighted by atomic mass is 10.0. The first-order valence-corrected chi connectivity index (χ1v) is 6.44. The van der Waals surface area contributed by atoms with Gasteiger partial charge in [0.1, 0.15) is 5.83 Å². The van der Waals surface area contributed by atoms with E-state index in [0.29, 0.717) is 17.0 Å². The fourth-order valence-corrected chi connectivity index (χ4v) is 2.13. The first-order valence-electron chi connectivity index (χ1n) is 6.06. The van der Waals surface area contributed by atoms with Gasteiger partial charge in [0.05, 0.1) is 28.8 Å². The minimum absolute atomic E-state index is 0.0672. The summed E-state index contributed by atoms with van der Waals surface area (Å²) in [7, 11) is 0. The van der Waals surface area contributed by atoms with Gasteiger partial charge < -0.3 is 0 Å². The van der Waals surface area contributed by atoms with Crippen molar-refractivity contribution in [1.29, 1.82) is 0 Å². The summed E-state index contributed by atoms with van der Waals surface area (Å²) >= 11 is 6.18. The summed E-state index contributed by atoms with van der Waals surface area (Å²) in [6, 6.07) is 5.45. The van der Waals surface area contributed by atoms with Crippen LogP contribution in [-0.2, 0) is 0 Å². The second-order valence-corrected chi connectivity index (χ2v) is 4.75. The van der Waals surface area contributed by atoms with Crippen LogP contribution in [0.5, 0.6) is 0 Å². The summed E-state index contributed by atoms with van der Waals surface area (Å²) in [6.07, 6.45) is 2.46. The Morgan fingerprint density at radius 3 is 2.70 bits per heavy atom. The molecule has 2 heterocycles. The zero-order valence-electron chi connectivity index (χ0n) is 11.1. The Labute approximate surface area is 121 Å². The van der Waals surface area contributed by atoms with Crippen LogP contribution in [0.2, 0.25) is 0 Å². The number of aromatic nitrogens is 1. The normalized spacial score (nSPS) is 19.1. The van der Waals surface area contributed by atoms with Gasteiger partial charge in [0.2, 0.25) is 0 Å². The van der Waals surface area contributed by atoms with Crippen LogP contribution in [0.15, 0.2) is 63.3 Å². The molecular weight excluding hydrogens is 282 g/mol. The molecule has 0 saturated heterocycles. The molecule has 0 bridgehead atoms. The molecule has 5 heteroatoms. The molecule has 0 atom stereocenters. The summed E-state index contributed by atoms with van der Waals surface area (Å²) in [6.45, 7) is 2.99. The maximum absolute atomic E-state index is 13.9. The quantitative estimate of drug-likeness (QED) is 0.788. The van der Waals surface area contributed by atoms with E-state index in [0.717, 1.165) is 6.08 Å². The fraction of sp³-hybridized carbons (Fsp3) is 0.200. The molecule has 104 valence electrons. The molecule has 0 aliphatic carbocycles. The van der Waals surface area contributed by atoms with E-state index in [1.807, 2.05) is 12.1 Å². The van der Waals surface area contributed by atoms with E-state index in [-0.39, 0.29) is 17.2 Å². The van der Waals surface area contributed by atoms with Crippen molar-refractivity contribution in [2.24, 2.45) is 4.99 Å². The van der Waals surface area contributed by atoms with Crippen LogP contribution in [0.3, 0.4) is 0 Å². The molecule has 0 spiro atoms.